The molecule has 0 aliphatic heterocycles. The highest BCUT2D eigenvalue weighted by Gasteiger charge is 2.15. The lowest BCUT2D eigenvalue weighted by molar-refractivity contribution is 0.225. The number of hydrogen-bond donors (Lipinski definition) is 0. The Kier molecular flexibility index (Phi) is 5.35. The zero-order valence-corrected chi connectivity index (χ0v) is 15.8. The number of ether oxygens (including phenoxy) is 1. The predicted octanol–water partition coefficient (Wildman–Crippen LogP) is 4.65. The van der Waals surface area contributed by atoms with Gasteiger partial charge in [0, 0.05) is 24.8 Å². The molecule has 0 aliphatic carbocycles. The molecular formula is C23H22FN3O. The monoisotopic (exact) mass is 375 g/mol. The normalized spacial score (nSPS) is 11.2. The van der Waals surface area contributed by atoms with E-state index in [4.69, 9.17) is 9.72 Å². The van der Waals surface area contributed by atoms with Crippen LogP contribution in [0.1, 0.15) is 5.69 Å². The molecule has 2 aromatic heterocycles. The smallest absolute Gasteiger partial charge is 0.165 e. The number of aromatic nitrogens is 2. The van der Waals surface area contributed by atoms with E-state index in [0.717, 1.165) is 22.6 Å². The Balaban J connectivity index is 1.51. The lowest BCUT2D eigenvalue weighted by Gasteiger charge is -2.18. The van der Waals surface area contributed by atoms with E-state index in [-0.39, 0.29) is 11.6 Å². The molecule has 0 spiro atoms. The Bertz CT molecular complexity index is 1060. The first-order valence-electron chi connectivity index (χ1n) is 9.29. The van der Waals surface area contributed by atoms with Crippen molar-refractivity contribution < 1.29 is 9.13 Å². The van der Waals surface area contributed by atoms with Crippen molar-refractivity contribution in [3.05, 3.63) is 90.5 Å². The molecule has 0 amide bonds. The van der Waals surface area contributed by atoms with Crippen molar-refractivity contribution in [1.29, 1.82) is 0 Å². The van der Waals surface area contributed by atoms with E-state index in [9.17, 15) is 4.39 Å². The van der Waals surface area contributed by atoms with Crippen molar-refractivity contribution in [2.45, 2.75) is 6.54 Å². The fourth-order valence-corrected chi connectivity index (χ4v) is 3.23. The first-order chi connectivity index (χ1) is 13.7. The summed E-state index contributed by atoms with van der Waals surface area (Å²) in [6, 6.07) is 22.7. The van der Waals surface area contributed by atoms with Crippen LogP contribution in [0.3, 0.4) is 0 Å². The Morgan fingerprint density at radius 1 is 0.964 bits per heavy atom. The SMILES string of the molecule is CN(CCOc1ccccc1F)Cc1c(-c2ccccc2)nc2ccccn12. The topological polar surface area (TPSA) is 29.8 Å². The van der Waals surface area contributed by atoms with Gasteiger partial charge in [-0.2, -0.15) is 0 Å². The van der Waals surface area contributed by atoms with E-state index in [1.165, 1.54) is 6.07 Å². The zero-order valence-electron chi connectivity index (χ0n) is 15.8. The van der Waals surface area contributed by atoms with Gasteiger partial charge < -0.3 is 9.14 Å². The van der Waals surface area contributed by atoms with Gasteiger partial charge in [0.2, 0.25) is 0 Å². The van der Waals surface area contributed by atoms with Gasteiger partial charge in [-0.15, -0.1) is 0 Å². The maximum Gasteiger partial charge on any atom is 0.165 e. The van der Waals surface area contributed by atoms with E-state index in [0.29, 0.717) is 19.7 Å². The molecule has 4 nitrogen and oxygen atoms in total. The molecule has 142 valence electrons. The van der Waals surface area contributed by atoms with Crippen LogP contribution in [0.2, 0.25) is 0 Å². The molecule has 0 N–H and O–H groups in total. The van der Waals surface area contributed by atoms with Crippen LogP contribution in [-0.2, 0) is 6.54 Å². The number of likely N-dealkylation sites (N-methyl/N-ethyl adjacent to an activating group) is 1. The van der Waals surface area contributed by atoms with Gasteiger partial charge in [-0.25, -0.2) is 9.37 Å². The quantitative estimate of drug-likeness (QED) is 0.471. The number of rotatable bonds is 7. The number of fused-ring (bicyclic) bond motifs is 1. The first kappa shape index (κ1) is 18.2. The van der Waals surface area contributed by atoms with Gasteiger partial charge >= 0.3 is 0 Å². The highest BCUT2D eigenvalue weighted by Crippen LogP contribution is 2.25. The van der Waals surface area contributed by atoms with E-state index in [1.54, 1.807) is 18.2 Å². The maximum atomic E-state index is 13.7. The Labute approximate surface area is 163 Å². The number of benzene rings is 2. The minimum Gasteiger partial charge on any atom is -0.489 e. The summed E-state index contributed by atoms with van der Waals surface area (Å²) in [5, 5.41) is 0. The average molecular weight is 375 g/mol. The Morgan fingerprint density at radius 3 is 2.54 bits per heavy atom. The summed E-state index contributed by atoms with van der Waals surface area (Å²) >= 11 is 0. The molecule has 0 atom stereocenters. The van der Waals surface area contributed by atoms with Crippen LogP contribution in [0.4, 0.5) is 4.39 Å². The highest BCUT2D eigenvalue weighted by atomic mass is 19.1. The predicted molar refractivity (Wildman–Crippen MR) is 109 cm³/mol. The third-order valence-electron chi connectivity index (χ3n) is 4.66. The molecule has 0 radical (unpaired) electrons. The molecule has 2 heterocycles. The minimum absolute atomic E-state index is 0.288. The second kappa shape index (κ2) is 8.23. The van der Waals surface area contributed by atoms with Gasteiger partial charge in [0.15, 0.2) is 11.6 Å². The molecule has 4 aromatic rings. The van der Waals surface area contributed by atoms with Crippen LogP contribution in [-0.4, -0.2) is 34.5 Å². The Morgan fingerprint density at radius 2 is 1.71 bits per heavy atom. The number of nitrogens with zero attached hydrogens (tertiary/aromatic N) is 3. The molecule has 0 fully saturated rings. The molecule has 2 aromatic carbocycles. The number of hydrogen-bond acceptors (Lipinski definition) is 3. The number of halogens is 1. The van der Waals surface area contributed by atoms with Crippen LogP contribution in [0.15, 0.2) is 79.0 Å². The lowest BCUT2D eigenvalue weighted by atomic mass is 10.1. The summed E-state index contributed by atoms with van der Waals surface area (Å²) in [5.41, 5.74) is 4.12. The fraction of sp³-hybridized carbons (Fsp3) is 0.174. The third-order valence-corrected chi connectivity index (χ3v) is 4.66. The largest absolute Gasteiger partial charge is 0.489 e. The fourth-order valence-electron chi connectivity index (χ4n) is 3.23. The molecular weight excluding hydrogens is 353 g/mol. The summed E-state index contributed by atoms with van der Waals surface area (Å²) in [7, 11) is 2.03. The molecule has 0 bridgehead atoms. The summed E-state index contributed by atoms with van der Waals surface area (Å²) < 4.78 is 21.4. The number of pyridine rings is 1. The molecule has 4 rings (SSSR count). The van der Waals surface area contributed by atoms with E-state index < -0.39 is 0 Å². The first-order valence-corrected chi connectivity index (χ1v) is 9.29. The highest BCUT2D eigenvalue weighted by molar-refractivity contribution is 5.66. The lowest BCUT2D eigenvalue weighted by Crippen LogP contribution is -2.25. The zero-order chi connectivity index (χ0) is 19.3. The average Bonchev–Trinajstić information content (AvgIpc) is 3.09. The second-order valence-electron chi connectivity index (χ2n) is 6.72. The Hall–Kier alpha value is -3.18. The van der Waals surface area contributed by atoms with Crippen molar-refractivity contribution in [1.82, 2.24) is 14.3 Å². The third kappa shape index (κ3) is 3.89. The molecule has 28 heavy (non-hydrogen) atoms. The summed E-state index contributed by atoms with van der Waals surface area (Å²) in [5.74, 6) is -0.0472. The summed E-state index contributed by atoms with van der Waals surface area (Å²) in [6.07, 6.45) is 2.04. The van der Waals surface area contributed by atoms with Gasteiger partial charge in [-0.3, -0.25) is 4.90 Å². The van der Waals surface area contributed by atoms with Gasteiger partial charge in [-0.1, -0.05) is 48.5 Å². The summed E-state index contributed by atoms with van der Waals surface area (Å²) in [4.78, 5) is 6.99. The van der Waals surface area contributed by atoms with Crippen molar-refractivity contribution in [3.8, 4) is 17.0 Å². The summed E-state index contributed by atoms with van der Waals surface area (Å²) in [6.45, 7) is 1.79. The van der Waals surface area contributed by atoms with E-state index in [2.05, 4.69) is 21.4 Å². The number of imidazole rings is 1. The van der Waals surface area contributed by atoms with Crippen molar-refractivity contribution in [3.63, 3.8) is 0 Å². The van der Waals surface area contributed by atoms with Gasteiger partial charge in [-0.05, 0) is 31.3 Å². The molecule has 0 saturated carbocycles. The van der Waals surface area contributed by atoms with Gasteiger partial charge in [0.1, 0.15) is 12.3 Å². The van der Waals surface area contributed by atoms with Crippen LogP contribution < -0.4 is 4.74 Å². The van der Waals surface area contributed by atoms with Gasteiger partial charge in [0.25, 0.3) is 0 Å². The molecule has 0 saturated heterocycles. The molecule has 0 aliphatic rings. The van der Waals surface area contributed by atoms with Crippen molar-refractivity contribution in [2.75, 3.05) is 20.2 Å². The van der Waals surface area contributed by atoms with Crippen LogP contribution in [0.5, 0.6) is 5.75 Å². The van der Waals surface area contributed by atoms with Crippen molar-refractivity contribution in [2.24, 2.45) is 0 Å². The van der Waals surface area contributed by atoms with Crippen molar-refractivity contribution >= 4 is 5.65 Å². The van der Waals surface area contributed by atoms with E-state index in [1.807, 2.05) is 49.6 Å². The second-order valence-corrected chi connectivity index (χ2v) is 6.72. The maximum absolute atomic E-state index is 13.7. The molecule has 5 heteroatoms. The van der Waals surface area contributed by atoms with E-state index >= 15 is 0 Å². The number of para-hydroxylation sites is 1. The van der Waals surface area contributed by atoms with Crippen LogP contribution >= 0.6 is 0 Å². The minimum atomic E-state index is -0.335. The molecule has 0 unspecified atom stereocenters. The van der Waals surface area contributed by atoms with Gasteiger partial charge in [0.05, 0.1) is 11.4 Å². The van der Waals surface area contributed by atoms with Crippen LogP contribution in [0, 0.1) is 5.82 Å². The van der Waals surface area contributed by atoms with Crippen LogP contribution in [0.25, 0.3) is 16.9 Å². The standard InChI is InChI=1S/C23H22FN3O/c1-26(15-16-28-21-12-6-5-11-19(21)24)17-20-23(18-9-3-2-4-10-18)25-22-13-7-8-14-27(20)22/h2-14H,15-17H2,1H3.